The minimum absolute atomic E-state index is 0.0648. The molecule has 1 aromatic heterocycles. The minimum Gasteiger partial charge on any atom is -0.461 e. The van der Waals surface area contributed by atoms with Gasteiger partial charge in [-0.1, -0.05) is 13.8 Å². The first-order chi connectivity index (χ1) is 8.92. The van der Waals surface area contributed by atoms with Crippen molar-refractivity contribution in [3.63, 3.8) is 0 Å². The molecular weight excluding hydrogens is 250 g/mol. The first-order valence-electron chi connectivity index (χ1n) is 6.33. The van der Waals surface area contributed by atoms with Gasteiger partial charge < -0.3 is 4.74 Å². The average Bonchev–Trinajstić information content (AvgIpc) is 2.67. The van der Waals surface area contributed by atoms with Gasteiger partial charge in [-0.15, -0.1) is 0 Å². The maximum absolute atomic E-state index is 11.9. The molecule has 0 amide bonds. The van der Waals surface area contributed by atoms with Gasteiger partial charge in [-0.2, -0.15) is 5.10 Å². The van der Waals surface area contributed by atoms with Crippen molar-refractivity contribution in [3.05, 3.63) is 21.5 Å². The monoisotopic (exact) mass is 269 g/mol. The Kier molecular flexibility index (Phi) is 5.02. The Morgan fingerprint density at radius 3 is 2.53 bits per heavy atom. The summed E-state index contributed by atoms with van der Waals surface area (Å²) < 4.78 is 6.22. The highest BCUT2D eigenvalue weighted by Gasteiger charge is 2.32. The molecule has 1 aromatic rings. The lowest BCUT2D eigenvalue weighted by atomic mass is 10.1. The van der Waals surface area contributed by atoms with Crippen molar-refractivity contribution in [1.29, 1.82) is 0 Å². The molecule has 0 N–H and O–H groups in total. The van der Waals surface area contributed by atoms with E-state index in [9.17, 15) is 14.9 Å². The van der Waals surface area contributed by atoms with E-state index in [4.69, 9.17) is 4.74 Å². The van der Waals surface area contributed by atoms with E-state index in [0.717, 1.165) is 0 Å². The standard InChI is InChI=1S/C12H19N3O4/c1-5-14-11(12(16)19-6-2)10(15(17)18)9(13-14)7-8(3)4/h8H,5-7H2,1-4H3. The number of ether oxygens (including phenoxy) is 1. The average molecular weight is 269 g/mol. The van der Waals surface area contributed by atoms with Crippen molar-refractivity contribution >= 4 is 11.7 Å². The Labute approximate surface area is 111 Å². The number of carbonyl (C=O) groups excluding carboxylic acids is 1. The smallest absolute Gasteiger partial charge is 0.363 e. The molecule has 0 aliphatic carbocycles. The molecule has 0 unspecified atom stereocenters. The lowest BCUT2D eigenvalue weighted by Crippen LogP contribution is -2.14. The summed E-state index contributed by atoms with van der Waals surface area (Å²) in [5.41, 5.74) is 0.0453. The van der Waals surface area contributed by atoms with Crippen LogP contribution in [0, 0.1) is 16.0 Å². The van der Waals surface area contributed by atoms with Crippen LogP contribution in [0.3, 0.4) is 0 Å². The molecular formula is C12H19N3O4. The van der Waals surface area contributed by atoms with E-state index in [1.807, 2.05) is 13.8 Å². The van der Waals surface area contributed by atoms with Gasteiger partial charge in [0, 0.05) is 13.0 Å². The van der Waals surface area contributed by atoms with Crippen LogP contribution in [0.1, 0.15) is 43.9 Å². The number of aromatic nitrogens is 2. The number of nitrogens with zero attached hydrogens (tertiary/aromatic N) is 3. The van der Waals surface area contributed by atoms with Crippen LogP contribution in [0.15, 0.2) is 0 Å². The fraction of sp³-hybridized carbons (Fsp3) is 0.667. The third-order valence-electron chi connectivity index (χ3n) is 2.55. The van der Waals surface area contributed by atoms with Crippen molar-refractivity contribution in [1.82, 2.24) is 9.78 Å². The number of hydrogen-bond acceptors (Lipinski definition) is 5. The lowest BCUT2D eigenvalue weighted by Gasteiger charge is -2.03. The lowest BCUT2D eigenvalue weighted by molar-refractivity contribution is -0.386. The summed E-state index contributed by atoms with van der Waals surface area (Å²) in [5, 5.41) is 15.4. The molecule has 106 valence electrons. The second-order valence-corrected chi connectivity index (χ2v) is 4.54. The maximum atomic E-state index is 11.9. The van der Waals surface area contributed by atoms with Crippen LogP contribution in [0.5, 0.6) is 0 Å². The highest BCUT2D eigenvalue weighted by Crippen LogP contribution is 2.26. The van der Waals surface area contributed by atoms with Crippen LogP contribution < -0.4 is 0 Å². The van der Waals surface area contributed by atoms with E-state index in [1.54, 1.807) is 13.8 Å². The zero-order chi connectivity index (χ0) is 14.6. The fourth-order valence-electron chi connectivity index (χ4n) is 1.85. The molecule has 7 heteroatoms. The van der Waals surface area contributed by atoms with Gasteiger partial charge in [-0.25, -0.2) is 4.79 Å². The molecule has 0 radical (unpaired) electrons. The zero-order valence-electron chi connectivity index (χ0n) is 11.7. The summed E-state index contributed by atoms with van der Waals surface area (Å²) in [6.07, 6.45) is 0.454. The molecule has 0 spiro atoms. The molecule has 0 aliphatic rings. The first-order valence-corrected chi connectivity index (χ1v) is 6.33. The van der Waals surface area contributed by atoms with Gasteiger partial charge in [0.15, 0.2) is 0 Å². The molecule has 7 nitrogen and oxygen atoms in total. The normalized spacial score (nSPS) is 10.8. The molecule has 0 atom stereocenters. The summed E-state index contributed by atoms with van der Waals surface area (Å²) >= 11 is 0. The van der Waals surface area contributed by atoms with Gasteiger partial charge in [0.25, 0.3) is 0 Å². The fourth-order valence-corrected chi connectivity index (χ4v) is 1.85. The largest absolute Gasteiger partial charge is 0.461 e. The van der Waals surface area contributed by atoms with E-state index in [2.05, 4.69) is 5.10 Å². The number of nitro groups is 1. The molecule has 0 fully saturated rings. The van der Waals surface area contributed by atoms with E-state index in [0.29, 0.717) is 18.7 Å². The van der Waals surface area contributed by atoms with Crippen LogP contribution in [0.2, 0.25) is 0 Å². The number of aryl methyl sites for hydroxylation is 1. The van der Waals surface area contributed by atoms with Gasteiger partial charge >= 0.3 is 11.7 Å². The van der Waals surface area contributed by atoms with E-state index < -0.39 is 10.9 Å². The second-order valence-electron chi connectivity index (χ2n) is 4.54. The van der Waals surface area contributed by atoms with E-state index >= 15 is 0 Å². The molecule has 1 rings (SSSR count). The van der Waals surface area contributed by atoms with Gasteiger partial charge in [0.05, 0.1) is 11.5 Å². The van der Waals surface area contributed by atoms with E-state index in [-0.39, 0.29) is 23.9 Å². The maximum Gasteiger partial charge on any atom is 0.363 e. The van der Waals surface area contributed by atoms with Gasteiger partial charge in [0.1, 0.15) is 5.69 Å². The van der Waals surface area contributed by atoms with Crippen LogP contribution in [-0.2, 0) is 17.7 Å². The number of rotatable bonds is 6. The molecule has 0 aromatic carbocycles. The SMILES string of the molecule is CCOC(=O)c1c([N+](=O)[O-])c(CC(C)C)nn1CC. The molecule has 0 aliphatic heterocycles. The van der Waals surface area contributed by atoms with Gasteiger partial charge in [-0.05, 0) is 19.8 Å². The molecule has 0 saturated heterocycles. The first kappa shape index (κ1) is 15.1. The van der Waals surface area contributed by atoms with Crippen molar-refractivity contribution in [2.45, 2.75) is 40.7 Å². The topological polar surface area (TPSA) is 87.3 Å². The number of carbonyl (C=O) groups is 1. The van der Waals surface area contributed by atoms with Crippen molar-refractivity contribution < 1.29 is 14.5 Å². The Morgan fingerprint density at radius 2 is 2.11 bits per heavy atom. The minimum atomic E-state index is -0.696. The Hall–Kier alpha value is -1.92. The quantitative estimate of drug-likeness (QED) is 0.448. The summed E-state index contributed by atoms with van der Waals surface area (Å²) in [5.74, 6) is -0.479. The summed E-state index contributed by atoms with van der Waals surface area (Å²) in [6, 6.07) is 0. The van der Waals surface area contributed by atoms with Crippen LogP contribution in [0.4, 0.5) is 5.69 Å². The van der Waals surface area contributed by atoms with Crippen LogP contribution in [0.25, 0.3) is 0 Å². The molecule has 1 heterocycles. The molecule has 0 saturated carbocycles. The second kappa shape index (κ2) is 6.31. The summed E-state index contributed by atoms with van der Waals surface area (Å²) in [6.45, 7) is 7.87. The third kappa shape index (κ3) is 3.30. The summed E-state index contributed by atoms with van der Waals surface area (Å²) in [4.78, 5) is 22.5. The third-order valence-corrected chi connectivity index (χ3v) is 2.55. The Morgan fingerprint density at radius 1 is 1.47 bits per heavy atom. The predicted molar refractivity (Wildman–Crippen MR) is 69.1 cm³/mol. The highest BCUT2D eigenvalue weighted by molar-refractivity contribution is 5.92. The predicted octanol–water partition coefficient (Wildman–Crippen LogP) is 2.19. The van der Waals surface area contributed by atoms with Gasteiger partial charge in [-0.3, -0.25) is 14.8 Å². The zero-order valence-corrected chi connectivity index (χ0v) is 11.7. The van der Waals surface area contributed by atoms with E-state index in [1.165, 1.54) is 4.68 Å². The van der Waals surface area contributed by atoms with Gasteiger partial charge in [0.2, 0.25) is 5.69 Å². The van der Waals surface area contributed by atoms with Crippen molar-refractivity contribution in [3.8, 4) is 0 Å². The van der Waals surface area contributed by atoms with Crippen LogP contribution >= 0.6 is 0 Å². The van der Waals surface area contributed by atoms with Crippen molar-refractivity contribution in [2.75, 3.05) is 6.61 Å². The Bertz CT molecular complexity index is 480. The number of esters is 1. The molecule has 0 bridgehead atoms. The molecule has 19 heavy (non-hydrogen) atoms. The number of hydrogen-bond donors (Lipinski definition) is 0. The highest BCUT2D eigenvalue weighted by atomic mass is 16.6. The Balaban J connectivity index is 3.36. The summed E-state index contributed by atoms with van der Waals surface area (Å²) in [7, 11) is 0. The van der Waals surface area contributed by atoms with Crippen molar-refractivity contribution in [2.24, 2.45) is 5.92 Å². The van der Waals surface area contributed by atoms with Crippen LogP contribution in [-0.4, -0.2) is 27.3 Å².